The lowest BCUT2D eigenvalue weighted by Gasteiger charge is -2.46. The minimum atomic E-state index is -0.608. The summed E-state index contributed by atoms with van der Waals surface area (Å²) in [6.07, 6.45) is 1.13. The zero-order valence-electron chi connectivity index (χ0n) is 15.1. The molecule has 0 aliphatic carbocycles. The van der Waals surface area contributed by atoms with Crippen LogP contribution in [0.4, 0.5) is 14.9 Å². The highest BCUT2D eigenvalue weighted by Crippen LogP contribution is 2.35. The highest BCUT2D eigenvalue weighted by molar-refractivity contribution is 6.34. The van der Waals surface area contributed by atoms with Gasteiger partial charge >= 0.3 is 6.03 Å². The maximum Gasteiger partial charge on any atom is 0.317 e. The van der Waals surface area contributed by atoms with Crippen molar-refractivity contribution < 1.29 is 14.0 Å². The number of halogens is 2. The van der Waals surface area contributed by atoms with Gasteiger partial charge in [0.2, 0.25) is 0 Å². The molecule has 1 saturated heterocycles. The number of amides is 3. The number of anilines is 1. The van der Waals surface area contributed by atoms with Crippen LogP contribution in [0.25, 0.3) is 0 Å². The Balaban J connectivity index is 1.36. The molecule has 2 aliphatic rings. The van der Waals surface area contributed by atoms with Crippen LogP contribution in [0.2, 0.25) is 5.02 Å². The molecule has 3 N–H and O–H groups in total. The molecule has 2 aliphatic heterocycles. The van der Waals surface area contributed by atoms with Crippen molar-refractivity contribution in [1.82, 2.24) is 15.5 Å². The van der Waals surface area contributed by atoms with Crippen LogP contribution in [0.3, 0.4) is 0 Å². The van der Waals surface area contributed by atoms with Crippen molar-refractivity contribution in [3.63, 3.8) is 0 Å². The van der Waals surface area contributed by atoms with Gasteiger partial charge in [0.15, 0.2) is 0 Å². The molecule has 0 saturated carbocycles. The lowest BCUT2D eigenvalue weighted by atomic mass is 9.92. The van der Waals surface area contributed by atoms with Crippen molar-refractivity contribution in [1.29, 1.82) is 0 Å². The second kappa shape index (κ2) is 7.31. The lowest BCUT2D eigenvalue weighted by molar-refractivity contribution is 0.0848. The molecule has 1 fully saturated rings. The first-order valence-electron chi connectivity index (χ1n) is 9.12. The van der Waals surface area contributed by atoms with E-state index in [2.05, 4.69) is 16.0 Å². The van der Waals surface area contributed by atoms with Crippen LogP contribution in [0, 0.1) is 5.82 Å². The van der Waals surface area contributed by atoms with E-state index in [9.17, 15) is 14.0 Å². The number of carbonyl (C=O) groups is 2. The van der Waals surface area contributed by atoms with Crippen LogP contribution >= 0.6 is 11.6 Å². The topological polar surface area (TPSA) is 73.5 Å². The van der Waals surface area contributed by atoms with Crippen LogP contribution in [0.15, 0.2) is 42.5 Å². The third-order valence-corrected chi connectivity index (χ3v) is 5.55. The van der Waals surface area contributed by atoms with Gasteiger partial charge in [-0.1, -0.05) is 29.8 Å². The number of rotatable bonds is 2. The van der Waals surface area contributed by atoms with Gasteiger partial charge in [-0.25, -0.2) is 9.18 Å². The second-order valence-electron chi connectivity index (χ2n) is 7.10. The van der Waals surface area contributed by atoms with Crippen molar-refractivity contribution >= 4 is 29.2 Å². The quantitative estimate of drug-likeness (QED) is 0.721. The number of nitrogens with zero attached hydrogens (tertiary/aromatic N) is 1. The zero-order chi connectivity index (χ0) is 19.7. The molecule has 146 valence electrons. The Bertz CT molecular complexity index is 911. The van der Waals surface area contributed by atoms with E-state index in [1.54, 1.807) is 35.2 Å². The van der Waals surface area contributed by atoms with Crippen LogP contribution in [0.5, 0.6) is 0 Å². The van der Waals surface area contributed by atoms with Gasteiger partial charge in [-0.15, -0.1) is 0 Å². The Kier molecular flexibility index (Phi) is 4.85. The number of hydrogen-bond donors (Lipinski definition) is 3. The summed E-state index contributed by atoms with van der Waals surface area (Å²) in [7, 11) is 0. The van der Waals surface area contributed by atoms with Gasteiger partial charge in [0.25, 0.3) is 5.91 Å². The third kappa shape index (κ3) is 3.62. The summed E-state index contributed by atoms with van der Waals surface area (Å²) in [4.78, 5) is 26.6. The van der Waals surface area contributed by atoms with Gasteiger partial charge < -0.3 is 20.9 Å². The van der Waals surface area contributed by atoms with E-state index < -0.39 is 5.66 Å². The molecule has 0 aromatic heterocycles. The largest absolute Gasteiger partial charge is 0.361 e. The van der Waals surface area contributed by atoms with Crippen LogP contribution in [-0.2, 0) is 6.54 Å². The van der Waals surface area contributed by atoms with Crippen molar-refractivity contribution in [2.75, 3.05) is 18.4 Å². The van der Waals surface area contributed by atoms with Crippen LogP contribution in [-0.4, -0.2) is 35.6 Å². The molecule has 3 amide bonds. The highest BCUT2D eigenvalue weighted by atomic mass is 35.5. The van der Waals surface area contributed by atoms with E-state index in [0.29, 0.717) is 48.7 Å². The van der Waals surface area contributed by atoms with Crippen LogP contribution in [0.1, 0.15) is 28.8 Å². The number of benzene rings is 2. The van der Waals surface area contributed by atoms with Crippen molar-refractivity contribution in [3.05, 3.63) is 64.4 Å². The molecule has 1 spiro atoms. The molecule has 0 unspecified atom stereocenters. The summed E-state index contributed by atoms with van der Waals surface area (Å²) in [6.45, 7) is 1.31. The lowest BCUT2D eigenvalue weighted by Crippen LogP contribution is -2.63. The van der Waals surface area contributed by atoms with Gasteiger partial charge in [0, 0.05) is 32.5 Å². The summed E-state index contributed by atoms with van der Waals surface area (Å²) < 4.78 is 13.0. The Morgan fingerprint density at radius 3 is 2.57 bits per heavy atom. The van der Waals surface area contributed by atoms with E-state index in [0.717, 1.165) is 5.56 Å². The average Bonchev–Trinajstić information content (AvgIpc) is 2.69. The van der Waals surface area contributed by atoms with E-state index in [1.807, 2.05) is 0 Å². The summed E-state index contributed by atoms with van der Waals surface area (Å²) in [5, 5.41) is 9.77. The number of likely N-dealkylation sites (tertiary alicyclic amines) is 1. The van der Waals surface area contributed by atoms with Crippen molar-refractivity contribution in [2.24, 2.45) is 0 Å². The second-order valence-corrected chi connectivity index (χ2v) is 7.50. The molecule has 28 heavy (non-hydrogen) atoms. The first-order chi connectivity index (χ1) is 13.5. The monoisotopic (exact) mass is 402 g/mol. The number of piperidine rings is 1. The predicted octanol–water partition coefficient (Wildman–Crippen LogP) is 3.34. The third-order valence-electron chi connectivity index (χ3n) is 5.24. The minimum absolute atomic E-state index is 0.162. The molecule has 8 heteroatoms. The Hall–Kier alpha value is -2.80. The number of fused-ring (bicyclic) bond motifs is 1. The molecular formula is C20H20ClFN4O2. The molecule has 0 atom stereocenters. The van der Waals surface area contributed by atoms with Gasteiger partial charge in [0.1, 0.15) is 11.5 Å². The Morgan fingerprint density at radius 1 is 1.14 bits per heavy atom. The fraction of sp³-hybridized carbons (Fsp3) is 0.300. The molecule has 0 bridgehead atoms. The van der Waals surface area contributed by atoms with Gasteiger partial charge in [-0.3, -0.25) is 4.79 Å². The van der Waals surface area contributed by atoms with E-state index in [-0.39, 0.29) is 17.8 Å². The zero-order valence-corrected chi connectivity index (χ0v) is 15.9. The number of carbonyl (C=O) groups excluding carboxylic acids is 2. The van der Waals surface area contributed by atoms with E-state index >= 15 is 0 Å². The Labute approximate surface area is 167 Å². The molecule has 2 heterocycles. The predicted molar refractivity (Wildman–Crippen MR) is 105 cm³/mol. The highest BCUT2D eigenvalue weighted by Gasteiger charge is 2.41. The van der Waals surface area contributed by atoms with Gasteiger partial charge in [-0.2, -0.15) is 0 Å². The summed E-state index contributed by atoms with van der Waals surface area (Å²) >= 11 is 6.26. The number of hydrogen-bond acceptors (Lipinski definition) is 3. The molecule has 2 aromatic carbocycles. The summed E-state index contributed by atoms with van der Waals surface area (Å²) in [6, 6.07) is 11.1. The molecule has 2 aromatic rings. The van der Waals surface area contributed by atoms with E-state index in [4.69, 9.17) is 11.6 Å². The number of para-hydroxylation sites is 1. The standard InChI is InChI=1S/C20H20ClFN4O2/c21-16-3-1-2-15-17(16)24-20(25-18(15)27)8-10-26(11-9-20)19(28)23-12-13-4-6-14(22)7-5-13/h1-7,24H,8-12H2,(H,23,28)(H,25,27). The fourth-order valence-corrected chi connectivity index (χ4v) is 3.85. The van der Waals surface area contributed by atoms with Gasteiger partial charge in [0.05, 0.1) is 16.3 Å². The maximum atomic E-state index is 13.0. The molecule has 4 rings (SSSR count). The van der Waals surface area contributed by atoms with E-state index in [1.165, 1.54) is 12.1 Å². The molecule has 6 nitrogen and oxygen atoms in total. The first kappa shape index (κ1) is 18.6. The van der Waals surface area contributed by atoms with Crippen molar-refractivity contribution in [3.8, 4) is 0 Å². The normalized spacial score (nSPS) is 17.5. The van der Waals surface area contributed by atoms with Crippen LogP contribution < -0.4 is 16.0 Å². The maximum absolute atomic E-state index is 13.0. The number of nitrogens with one attached hydrogen (secondary N) is 3. The van der Waals surface area contributed by atoms with Gasteiger partial charge in [-0.05, 0) is 29.8 Å². The smallest absolute Gasteiger partial charge is 0.317 e. The minimum Gasteiger partial charge on any atom is -0.361 e. The fourth-order valence-electron chi connectivity index (χ4n) is 3.63. The average molecular weight is 403 g/mol. The summed E-state index contributed by atoms with van der Waals surface area (Å²) in [5.74, 6) is -0.467. The summed E-state index contributed by atoms with van der Waals surface area (Å²) in [5.41, 5.74) is 1.39. The van der Waals surface area contributed by atoms with Crippen molar-refractivity contribution in [2.45, 2.75) is 25.0 Å². The SMILES string of the molecule is O=C1NC2(CCN(C(=O)NCc3ccc(F)cc3)CC2)Nc2c(Cl)cccc21. The first-order valence-corrected chi connectivity index (χ1v) is 9.50. The Morgan fingerprint density at radius 2 is 1.86 bits per heavy atom. The number of urea groups is 1. The molecule has 0 radical (unpaired) electrons. The molecular weight excluding hydrogens is 383 g/mol.